The Labute approximate surface area is 120 Å². The van der Waals surface area contributed by atoms with E-state index < -0.39 is 20.6 Å². The van der Waals surface area contributed by atoms with Crippen molar-refractivity contribution < 1.29 is 17.9 Å². The Kier molecular flexibility index (Phi) is 4.09. The van der Waals surface area contributed by atoms with E-state index in [1.54, 1.807) is 14.0 Å². The van der Waals surface area contributed by atoms with E-state index in [9.17, 15) is 8.42 Å². The summed E-state index contributed by atoms with van der Waals surface area (Å²) in [5, 5.41) is -0.576. The van der Waals surface area contributed by atoms with Crippen LogP contribution in [0.25, 0.3) is 0 Å². The molecular formula is C14H21NO4S. The highest BCUT2D eigenvalue weighted by molar-refractivity contribution is 7.92. The van der Waals surface area contributed by atoms with Gasteiger partial charge in [-0.3, -0.25) is 0 Å². The second kappa shape index (κ2) is 5.35. The third-order valence-electron chi connectivity index (χ3n) is 3.96. The lowest BCUT2D eigenvalue weighted by Crippen LogP contribution is -2.36. The molecule has 1 aromatic carbocycles. The Morgan fingerprint density at radius 3 is 2.30 bits per heavy atom. The van der Waals surface area contributed by atoms with Gasteiger partial charge < -0.3 is 15.2 Å². The van der Waals surface area contributed by atoms with Crippen LogP contribution in [0, 0.1) is 0 Å². The largest absolute Gasteiger partial charge is 0.497 e. The summed E-state index contributed by atoms with van der Waals surface area (Å²) in [4.78, 5) is 0. The first-order chi connectivity index (χ1) is 9.40. The maximum absolute atomic E-state index is 12.2. The van der Waals surface area contributed by atoms with Crippen LogP contribution in [-0.4, -0.2) is 45.8 Å². The molecule has 2 N–H and O–H groups in total. The average Bonchev–Trinajstić information content (AvgIpc) is 3.06. The van der Waals surface area contributed by atoms with Crippen LogP contribution in [0.5, 0.6) is 5.75 Å². The Bertz CT molecular complexity index is 569. The van der Waals surface area contributed by atoms with E-state index in [2.05, 4.69) is 0 Å². The summed E-state index contributed by atoms with van der Waals surface area (Å²) in [6.07, 6.45) is 0. The van der Waals surface area contributed by atoms with Gasteiger partial charge in [-0.25, -0.2) is 8.42 Å². The van der Waals surface area contributed by atoms with Crippen LogP contribution in [0.1, 0.15) is 18.4 Å². The molecule has 1 saturated carbocycles. The summed E-state index contributed by atoms with van der Waals surface area (Å²) in [7, 11) is -0.0768. The molecule has 112 valence electrons. The predicted octanol–water partition coefficient (Wildman–Crippen LogP) is 0.940. The molecule has 1 aliphatic carbocycles. The molecule has 0 saturated heterocycles. The molecule has 3 atom stereocenters. The average molecular weight is 299 g/mol. The van der Waals surface area contributed by atoms with E-state index >= 15 is 0 Å². The molecule has 1 aliphatic rings. The molecule has 6 heteroatoms. The Balaban J connectivity index is 2.33. The summed E-state index contributed by atoms with van der Waals surface area (Å²) in [5.41, 5.74) is 6.35. The summed E-state index contributed by atoms with van der Waals surface area (Å²) in [5.74, 6) is 0.601. The summed E-state index contributed by atoms with van der Waals surface area (Å²) in [6, 6.07) is 7.37. The van der Waals surface area contributed by atoms with Crippen molar-refractivity contribution in [3.8, 4) is 5.75 Å². The van der Waals surface area contributed by atoms with Crippen molar-refractivity contribution in [2.75, 3.05) is 26.6 Å². The van der Waals surface area contributed by atoms with Crippen molar-refractivity contribution in [1.82, 2.24) is 0 Å². The highest BCUT2D eigenvalue weighted by Crippen LogP contribution is 2.54. The molecule has 20 heavy (non-hydrogen) atoms. The van der Waals surface area contributed by atoms with Gasteiger partial charge in [0.1, 0.15) is 5.75 Å². The zero-order valence-electron chi connectivity index (χ0n) is 12.0. The molecule has 0 bridgehead atoms. The highest BCUT2D eigenvalue weighted by Gasteiger charge is 2.68. The lowest BCUT2D eigenvalue weighted by Gasteiger charge is -2.10. The number of hydrogen-bond donors (Lipinski definition) is 1. The van der Waals surface area contributed by atoms with Gasteiger partial charge in [-0.15, -0.1) is 0 Å². The number of rotatable bonds is 6. The second-order valence-electron chi connectivity index (χ2n) is 5.17. The van der Waals surface area contributed by atoms with E-state index in [0.29, 0.717) is 0 Å². The lowest BCUT2D eigenvalue weighted by molar-refractivity contribution is 0.171. The monoisotopic (exact) mass is 299 g/mol. The Morgan fingerprint density at radius 2 is 1.85 bits per heavy atom. The fraction of sp³-hybridized carbons (Fsp3) is 0.571. The van der Waals surface area contributed by atoms with Gasteiger partial charge in [0.25, 0.3) is 0 Å². The molecule has 0 spiro atoms. The van der Waals surface area contributed by atoms with Crippen LogP contribution < -0.4 is 10.5 Å². The summed E-state index contributed by atoms with van der Waals surface area (Å²) in [6.45, 7) is 1.87. The minimum absolute atomic E-state index is 0.0903. The quantitative estimate of drug-likeness (QED) is 0.845. The van der Waals surface area contributed by atoms with E-state index in [4.69, 9.17) is 15.2 Å². The topological polar surface area (TPSA) is 78.6 Å². The number of nitrogens with two attached hydrogens (primary N) is 1. The third-order valence-corrected chi connectivity index (χ3v) is 6.25. The first-order valence-electron chi connectivity index (χ1n) is 6.54. The van der Waals surface area contributed by atoms with Crippen molar-refractivity contribution in [2.24, 2.45) is 5.73 Å². The maximum Gasteiger partial charge on any atom is 0.155 e. The minimum atomic E-state index is -3.20. The van der Waals surface area contributed by atoms with Crippen molar-refractivity contribution >= 4 is 9.84 Å². The van der Waals surface area contributed by atoms with E-state index in [1.165, 1.54) is 7.11 Å². The number of methoxy groups -OCH3 is 2. The fourth-order valence-electron chi connectivity index (χ4n) is 2.86. The van der Waals surface area contributed by atoms with E-state index in [0.717, 1.165) is 11.3 Å². The van der Waals surface area contributed by atoms with Gasteiger partial charge >= 0.3 is 0 Å². The smallest absolute Gasteiger partial charge is 0.155 e. The van der Waals surface area contributed by atoms with Gasteiger partial charge in [-0.1, -0.05) is 19.1 Å². The Hall–Kier alpha value is -1.11. The highest BCUT2D eigenvalue weighted by atomic mass is 32.2. The number of hydrogen-bond acceptors (Lipinski definition) is 5. The van der Waals surface area contributed by atoms with Gasteiger partial charge in [0.05, 0.1) is 24.5 Å². The van der Waals surface area contributed by atoms with Gasteiger partial charge in [-0.2, -0.15) is 0 Å². The molecule has 0 amide bonds. The molecule has 2 rings (SSSR count). The SMILES string of the molecule is CCS(=O)(=O)[C@@H]1[C@H](c2ccc(OC)cc2)[C@]1(N)COC. The predicted molar refractivity (Wildman–Crippen MR) is 77.8 cm³/mol. The van der Waals surface area contributed by atoms with Gasteiger partial charge in [0.2, 0.25) is 0 Å². The number of sulfone groups is 1. The lowest BCUT2D eigenvalue weighted by atomic mass is 10.1. The molecule has 1 aromatic rings. The molecular weight excluding hydrogens is 278 g/mol. The van der Waals surface area contributed by atoms with Crippen LogP contribution in [0.3, 0.4) is 0 Å². The number of ether oxygens (including phenoxy) is 2. The molecule has 0 aliphatic heterocycles. The zero-order valence-corrected chi connectivity index (χ0v) is 12.8. The van der Waals surface area contributed by atoms with Crippen LogP contribution in [0.2, 0.25) is 0 Å². The standard InChI is InChI=1S/C14H21NO4S/c1-4-20(16,17)13-12(14(13,15)9-18-2)10-5-7-11(19-3)8-6-10/h5-8,12-13H,4,9,15H2,1-3H3/t12-,13+,14+/m0/s1. The first kappa shape index (κ1) is 15.3. The van der Waals surface area contributed by atoms with Crippen molar-refractivity contribution in [2.45, 2.75) is 23.6 Å². The normalized spacial score (nSPS) is 29.2. The fourth-order valence-corrected chi connectivity index (χ4v) is 4.85. The first-order valence-corrected chi connectivity index (χ1v) is 8.25. The van der Waals surface area contributed by atoms with Gasteiger partial charge in [-0.05, 0) is 17.7 Å². The molecule has 0 radical (unpaired) electrons. The van der Waals surface area contributed by atoms with Crippen LogP contribution in [-0.2, 0) is 14.6 Å². The molecule has 1 fully saturated rings. The van der Waals surface area contributed by atoms with Gasteiger partial charge in [0, 0.05) is 18.8 Å². The van der Waals surface area contributed by atoms with Gasteiger partial charge in [0.15, 0.2) is 9.84 Å². The van der Waals surface area contributed by atoms with E-state index in [-0.39, 0.29) is 18.3 Å². The van der Waals surface area contributed by atoms with Crippen molar-refractivity contribution in [3.63, 3.8) is 0 Å². The van der Waals surface area contributed by atoms with Crippen molar-refractivity contribution in [3.05, 3.63) is 29.8 Å². The third kappa shape index (κ3) is 2.43. The second-order valence-corrected chi connectivity index (χ2v) is 7.58. The molecule has 5 nitrogen and oxygen atoms in total. The van der Waals surface area contributed by atoms with Crippen LogP contribution >= 0.6 is 0 Å². The summed E-state index contributed by atoms with van der Waals surface area (Å²) >= 11 is 0. The van der Waals surface area contributed by atoms with Crippen molar-refractivity contribution in [1.29, 1.82) is 0 Å². The van der Waals surface area contributed by atoms with Crippen LogP contribution in [0.4, 0.5) is 0 Å². The minimum Gasteiger partial charge on any atom is -0.497 e. The summed E-state index contributed by atoms with van der Waals surface area (Å²) < 4.78 is 34.6. The van der Waals surface area contributed by atoms with Crippen LogP contribution in [0.15, 0.2) is 24.3 Å². The Morgan fingerprint density at radius 1 is 1.25 bits per heavy atom. The number of benzene rings is 1. The molecule has 0 heterocycles. The van der Waals surface area contributed by atoms with E-state index in [1.807, 2.05) is 24.3 Å². The zero-order chi connectivity index (χ0) is 15.0. The molecule has 0 unspecified atom stereocenters. The maximum atomic E-state index is 12.2. The molecule has 0 aromatic heterocycles.